The summed E-state index contributed by atoms with van der Waals surface area (Å²) in [5.41, 5.74) is 5.55. The lowest BCUT2D eigenvalue weighted by Crippen LogP contribution is -2.47. The molecule has 0 spiro atoms. The lowest BCUT2D eigenvalue weighted by molar-refractivity contribution is -0.139. The van der Waals surface area contributed by atoms with Crippen LogP contribution >= 0.6 is 11.8 Å². The van der Waals surface area contributed by atoms with Crippen LogP contribution in [0.1, 0.15) is 20.3 Å². The number of amides is 1. The van der Waals surface area contributed by atoms with Crippen molar-refractivity contribution < 1.29 is 19.4 Å². The molecule has 0 aromatic carbocycles. The number of hydrogen-bond donors (Lipinski definition) is 3. The first kappa shape index (κ1) is 17.2. The van der Waals surface area contributed by atoms with E-state index in [1.165, 1.54) is 11.8 Å². The molecule has 0 heterocycles. The molecular formula is C11H22N2O4S. The Bertz CT molecular complexity index is 284. The lowest BCUT2D eigenvalue weighted by atomic mass is 10.1. The number of carboxylic acids is 1. The van der Waals surface area contributed by atoms with Crippen molar-refractivity contribution >= 4 is 23.6 Å². The van der Waals surface area contributed by atoms with Crippen molar-refractivity contribution in [2.45, 2.75) is 31.1 Å². The van der Waals surface area contributed by atoms with Gasteiger partial charge in [0.05, 0.1) is 5.75 Å². The predicted molar refractivity (Wildman–Crippen MR) is 71.7 cm³/mol. The van der Waals surface area contributed by atoms with Crippen LogP contribution in [0, 0.1) is 0 Å². The fourth-order valence-corrected chi connectivity index (χ4v) is 2.02. The molecule has 0 saturated carbocycles. The van der Waals surface area contributed by atoms with Gasteiger partial charge in [0.15, 0.2) is 0 Å². The quantitative estimate of drug-likeness (QED) is 0.516. The summed E-state index contributed by atoms with van der Waals surface area (Å²) in [6.45, 7) is 4.59. The minimum absolute atomic E-state index is 0.123. The molecule has 4 N–H and O–H groups in total. The van der Waals surface area contributed by atoms with E-state index >= 15 is 0 Å². The summed E-state index contributed by atoms with van der Waals surface area (Å²) in [6, 6.07) is -0.996. The third kappa shape index (κ3) is 6.83. The Hall–Kier alpha value is -0.790. The molecule has 106 valence electrons. The number of thioether (sulfide) groups is 1. The minimum atomic E-state index is -1.06. The second-order valence-electron chi connectivity index (χ2n) is 4.40. The fourth-order valence-electron chi connectivity index (χ4n) is 1.13. The van der Waals surface area contributed by atoms with Crippen molar-refractivity contribution in [2.75, 3.05) is 26.0 Å². The molecule has 0 aliphatic heterocycles. The van der Waals surface area contributed by atoms with E-state index in [1.54, 1.807) is 21.0 Å². The van der Waals surface area contributed by atoms with Crippen LogP contribution in [0.25, 0.3) is 0 Å². The molecular weight excluding hydrogens is 256 g/mol. The molecule has 0 radical (unpaired) electrons. The van der Waals surface area contributed by atoms with Gasteiger partial charge in [0.1, 0.15) is 6.04 Å². The average Bonchev–Trinajstić information content (AvgIpc) is 2.31. The summed E-state index contributed by atoms with van der Waals surface area (Å²) in [6.07, 6.45) is 0.755. The maximum absolute atomic E-state index is 11.5. The Morgan fingerprint density at radius 2 is 2.11 bits per heavy atom. The van der Waals surface area contributed by atoms with Gasteiger partial charge in [-0.15, -0.1) is 11.8 Å². The van der Waals surface area contributed by atoms with Crippen LogP contribution in [0.3, 0.4) is 0 Å². The van der Waals surface area contributed by atoms with Gasteiger partial charge < -0.3 is 20.9 Å². The number of carboxylic acid groups (broad SMARTS) is 1. The summed E-state index contributed by atoms with van der Waals surface area (Å²) < 4.78 is 4.17. The molecule has 0 aliphatic rings. The molecule has 0 saturated heterocycles. The van der Waals surface area contributed by atoms with Crippen LogP contribution in [0.4, 0.5) is 0 Å². The van der Waals surface area contributed by atoms with E-state index in [0.717, 1.165) is 6.42 Å². The van der Waals surface area contributed by atoms with E-state index < -0.39 is 16.8 Å². The van der Waals surface area contributed by atoms with E-state index in [2.05, 4.69) is 5.32 Å². The maximum Gasteiger partial charge on any atom is 0.321 e. The number of ether oxygens (including phenoxy) is 1. The third-order valence-corrected chi connectivity index (χ3v) is 3.84. The Labute approximate surface area is 112 Å². The fraction of sp³-hybridized carbons (Fsp3) is 0.818. The number of rotatable bonds is 9. The SMILES string of the molecule is COCCCNC(=O)CSC(C)(C)[C@H](N)C(=O)O. The van der Waals surface area contributed by atoms with Crippen LogP contribution in [0.2, 0.25) is 0 Å². The number of nitrogens with two attached hydrogens (primary N) is 1. The van der Waals surface area contributed by atoms with Gasteiger partial charge in [-0.25, -0.2) is 0 Å². The maximum atomic E-state index is 11.5. The van der Waals surface area contributed by atoms with Crippen molar-refractivity contribution in [1.29, 1.82) is 0 Å². The number of methoxy groups -OCH3 is 1. The summed E-state index contributed by atoms with van der Waals surface area (Å²) in [7, 11) is 1.60. The van der Waals surface area contributed by atoms with Crippen molar-refractivity contribution in [3.63, 3.8) is 0 Å². The second kappa shape index (κ2) is 8.34. The summed E-state index contributed by atoms with van der Waals surface area (Å²) in [4.78, 5) is 22.3. The van der Waals surface area contributed by atoms with Gasteiger partial charge >= 0.3 is 5.97 Å². The normalized spacial score (nSPS) is 13.1. The number of nitrogens with one attached hydrogen (secondary N) is 1. The highest BCUT2D eigenvalue weighted by Gasteiger charge is 2.32. The van der Waals surface area contributed by atoms with Crippen molar-refractivity contribution in [2.24, 2.45) is 5.73 Å². The first-order valence-electron chi connectivity index (χ1n) is 5.69. The monoisotopic (exact) mass is 278 g/mol. The van der Waals surface area contributed by atoms with Crippen molar-refractivity contribution in [3.05, 3.63) is 0 Å². The van der Waals surface area contributed by atoms with Crippen molar-refractivity contribution in [3.8, 4) is 0 Å². The summed E-state index contributed by atoms with van der Waals surface area (Å²) in [5, 5.41) is 11.6. The number of hydrogen-bond acceptors (Lipinski definition) is 5. The molecule has 7 heteroatoms. The summed E-state index contributed by atoms with van der Waals surface area (Å²) >= 11 is 1.24. The Morgan fingerprint density at radius 3 is 2.61 bits per heavy atom. The van der Waals surface area contributed by atoms with Gasteiger partial charge in [0.2, 0.25) is 5.91 Å². The van der Waals surface area contributed by atoms with Crippen LogP contribution in [-0.4, -0.2) is 53.8 Å². The van der Waals surface area contributed by atoms with E-state index in [0.29, 0.717) is 13.2 Å². The highest BCUT2D eigenvalue weighted by molar-refractivity contribution is 8.01. The molecule has 6 nitrogen and oxygen atoms in total. The highest BCUT2D eigenvalue weighted by Crippen LogP contribution is 2.27. The van der Waals surface area contributed by atoms with Crippen LogP contribution in [0.15, 0.2) is 0 Å². The van der Waals surface area contributed by atoms with Crippen LogP contribution < -0.4 is 11.1 Å². The number of aliphatic carboxylic acids is 1. The molecule has 0 rings (SSSR count). The van der Waals surface area contributed by atoms with Gasteiger partial charge in [-0.3, -0.25) is 9.59 Å². The molecule has 0 unspecified atom stereocenters. The van der Waals surface area contributed by atoms with Crippen LogP contribution in [0.5, 0.6) is 0 Å². The smallest absolute Gasteiger partial charge is 0.321 e. The first-order chi connectivity index (χ1) is 8.31. The lowest BCUT2D eigenvalue weighted by Gasteiger charge is -2.27. The van der Waals surface area contributed by atoms with Gasteiger partial charge in [-0.1, -0.05) is 0 Å². The van der Waals surface area contributed by atoms with Gasteiger partial charge in [0.25, 0.3) is 0 Å². The van der Waals surface area contributed by atoms with Gasteiger partial charge in [-0.05, 0) is 20.3 Å². The van der Waals surface area contributed by atoms with E-state index in [-0.39, 0.29) is 11.7 Å². The van der Waals surface area contributed by atoms with E-state index in [1.807, 2.05) is 0 Å². The number of carbonyl (C=O) groups is 2. The highest BCUT2D eigenvalue weighted by atomic mass is 32.2. The molecule has 18 heavy (non-hydrogen) atoms. The van der Waals surface area contributed by atoms with Gasteiger partial charge in [0, 0.05) is 25.0 Å². The zero-order valence-electron chi connectivity index (χ0n) is 11.1. The number of carbonyl (C=O) groups excluding carboxylic acids is 1. The topological polar surface area (TPSA) is 102 Å². The summed E-state index contributed by atoms with van der Waals surface area (Å²) in [5.74, 6) is -0.990. The Kier molecular flexibility index (Phi) is 7.97. The zero-order chi connectivity index (χ0) is 14.2. The minimum Gasteiger partial charge on any atom is -0.480 e. The van der Waals surface area contributed by atoms with Crippen molar-refractivity contribution in [1.82, 2.24) is 5.32 Å². The molecule has 1 atom stereocenters. The molecule has 1 amide bonds. The predicted octanol–water partition coefficient (Wildman–Crippen LogP) is 0.0628. The van der Waals surface area contributed by atoms with E-state index in [4.69, 9.17) is 15.6 Å². The molecule has 0 aliphatic carbocycles. The first-order valence-corrected chi connectivity index (χ1v) is 6.67. The zero-order valence-corrected chi connectivity index (χ0v) is 11.9. The largest absolute Gasteiger partial charge is 0.480 e. The van der Waals surface area contributed by atoms with E-state index in [9.17, 15) is 9.59 Å². The second-order valence-corrected chi connectivity index (χ2v) is 6.03. The molecule has 0 fully saturated rings. The molecule has 0 aromatic rings. The molecule has 0 aromatic heterocycles. The van der Waals surface area contributed by atoms with Crippen LogP contribution in [-0.2, 0) is 14.3 Å². The average molecular weight is 278 g/mol. The Balaban J connectivity index is 3.93. The van der Waals surface area contributed by atoms with Gasteiger partial charge in [-0.2, -0.15) is 0 Å². The third-order valence-electron chi connectivity index (χ3n) is 2.44. The standard InChI is InChI=1S/C11H22N2O4S/c1-11(2,9(12)10(15)16)18-7-8(14)13-5-4-6-17-3/h9H,4-7,12H2,1-3H3,(H,13,14)(H,15,16)/t9-/m1/s1. The Morgan fingerprint density at radius 1 is 1.50 bits per heavy atom. The molecule has 0 bridgehead atoms.